The van der Waals surface area contributed by atoms with Crippen LogP contribution in [0.15, 0.2) is 18.5 Å². The Morgan fingerprint density at radius 3 is 2.51 bits per heavy atom. The van der Waals surface area contributed by atoms with Gasteiger partial charge in [0.15, 0.2) is 5.65 Å². The molecule has 37 heavy (non-hydrogen) atoms. The van der Waals surface area contributed by atoms with Gasteiger partial charge in [-0.25, -0.2) is 32.0 Å². The minimum absolute atomic E-state index is 0.0757. The number of nitrogens with zero attached hydrogens (tertiary/aromatic N) is 4. The summed E-state index contributed by atoms with van der Waals surface area (Å²) in [6.45, 7) is 10.7. The standard InChI is InChI=1S/C25H36F2N6O3S/c1-23(2,3)36-22(34)31-21(16-7-10-25(26,27)11-8-16)19-15-33-20(30-19)13-17(14-29-33)18(9-12-28)32-37(35)24(4,5)6/h13-16,18,21,32H,7-11H2,1-6H3,(H,31,34)/t18-,21-,37?/m0/s1. The van der Waals surface area contributed by atoms with E-state index in [0.29, 0.717) is 16.9 Å². The van der Waals surface area contributed by atoms with Gasteiger partial charge in [-0.2, -0.15) is 10.4 Å². The number of imidazole rings is 1. The molecule has 1 saturated carbocycles. The lowest BCUT2D eigenvalue weighted by molar-refractivity contribution is -0.0500. The summed E-state index contributed by atoms with van der Waals surface area (Å²) >= 11 is 0. The maximum absolute atomic E-state index is 13.9. The molecule has 0 saturated heterocycles. The fourth-order valence-electron chi connectivity index (χ4n) is 4.14. The van der Waals surface area contributed by atoms with Crippen molar-refractivity contribution in [1.82, 2.24) is 24.6 Å². The molecule has 1 aliphatic carbocycles. The normalized spacial score (nSPS) is 19.1. The van der Waals surface area contributed by atoms with Gasteiger partial charge in [0.05, 0.1) is 58.4 Å². The molecular weight excluding hydrogens is 502 g/mol. The van der Waals surface area contributed by atoms with Crippen LogP contribution in [0.5, 0.6) is 0 Å². The van der Waals surface area contributed by atoms with Gasteiger partial charge in [0.25, 0.3) is 0 Å². The number of hydrogen-bond donors (Lipinski definition) is 2. The number of carbonyl (C=O) groups excluding carboxylic acids is 1. The summed E-state index contributed by atoms with van der Waals surface area (Å²) in [6.07, 6.45) is 2.60. The zero-order valence-electron chi connectivity index (χ0n) is 22.2. The lowest BCUT2D eigenvalue weighted by atomic mass is 9.81. The van der Waals surface area contributed by atoms with Crippen LogP contribution < -0.4 is 10.0 Å². The molecular formula is C25H36F2N6O3S. The molecule has 1 amide bonds. The lowest BCUT2D eigenvalue weighted by Crippen LogP contribution is -2.40. The van der Waals surface area contributed by atoms with Gasteiger partial charge in [-0.05, 0) is 71.9 Å². The van der Waals surface area contributed by atoms with Crippen LogP contribution in [0.4, 0.5) is 13.6 Å². The summed E-state index contributed by atoms with van der Waals surface area (Å²) in [5, 5.41) is 16.6. The third-order valence-corrected chi connectivity index (χ3v) is 7.70. The molecule has 0 spiro atoms. The van der Waals surface area contributed by atoms with Crippen LogP contribution in [-0.2, 0) is 15.7 Å². The third kappa shape index (κ3) is 7.92. The number of halogens is 2. The van der Waals surface area contributed by atoms with Crippen molar-refractivity contribution in [2.75, 3.05) is 0 Å². The van der Waals surface area contributed by atoms with E-state index in [4.69, 9.17) is 4.74 Å². The topological polar surface area (TPSA) is 121 Å². The molecule has 2 heterocycles. The molecule has 2 aromatic rings. The van der Waals surface area contributed by atoms with Crippen LogP contribution in [0.2, 0.25) is 0 Å². The fraction of sp³-hybridized carbons (Fsp3) is 0.680. The number of amides is 1. The van der Waals surface area contributed by atoms with Crippen molar-refractivity contribution in [3.63, 3.8) is 0 Å². The van der Waals surface area contributed by atoms with Crippen LogP contribution in [0, 0.1) is 17.2 Å². The molecule has 1 unspecified atom stereocenters. The van der Waals surface area contributed by atoms with E-state index in [1.54, 1.807) is 39.2 Å². The molecule has 204 valence electrons. The Kier molecular flexibility index (Phi) is 8.59. The number of alkyl carbamates (subject to hydrolysis) is 1. The predicted octanol–water partition coefficient (Wildman–Crippen LogP) is 5.13. The largest absolute Gasteiger partial charge is 0.444 e. The van der Waals surface area contributed by atoms with Crippen molar-refractivity contribution in [3.05, 3.63) is 29.7 Å². The summed E-state index contributed by atoms with van der Waals surface area (Å²) in [5.74, 6) is -2.96. The minimum atomic E-state index is -2.71. The summed E-state index contributed by atoms with van der Waals surface area (Å²) in [5.41, 5.74) is 0.849. The van der Waals surface area contributed by atoms with Crippen molar-refractivity contribution < 1.29 is 22.5 Å². The molecule has 3 rings (SSSR count). The van der Waals surface area contributed by atoms with Crippen LogP contribution in [0.1, 0.15) is 97.0 Å². The van der Waals surface area contributed by atoms with E-state index in [9.17, 15) is 23.0 Å². The quantitative estimate of drug-likeness (QED) is 0.504. The van der Waals surface area contributed by atoms with E-state index in [1.165, 1.54) is 4.52 Å². The Hall–Kier alpha value is -2.65. The minimum Gasteiger partial charge on any atom is -0.444 e. The highest BCUT2D eigenvalue weighted by Crippen LogP contribution is 2.41. The predicted molar refractivity (Wildman–Crippen MR) is 136 cm³/mol. The molecule has 0 aromatic carbocycles. The molecule has 1 aliphatic rings. The lowest BCUT2D eigenvalue weighted by Gasteiger charge is -2.33. The summed E-state index contributed by atoms with van der Waals surface area (Å²) in [4.78, 5) is 17.3. The molecule has 3 atom stereocenters. The van der Waals surface area contributed by atoms with Gasteiger partial charge in [-0.3, -0.25) is 0 Å². The van der Waals surface area contributed by atoms with E-state index < -0.39 is 45.4 Å². The molecule has 9 nitrogen and oxygen atoms in total. The van der Waals surface area contributed by atoms with Crippen LogP contribution in [0.3, 0.4) is 0 Å². The molecule has 12 heteroatoms. The molecule has 1 fully saturated rings. The Morgan fingerprint density at radius 2 is 1.95 bits per heavy atom. The highest BCUT2D eigenvalue weighted by atomic mass is 32.2. The van der Waals surface area contributed by atoms with Crippen LogP contribution in [-0.4, -0.2) is 41.2 Å². The van der Waals surface area contributed by atoms with Gasteiger partial charge in [-0.15, -0.1) is 0 Å². The number of nitrogens with one attached hydrogen (secondary N) is 2. The first-order chi connectivity index (χ1) is 17.1. The fourth-order valence-corrected chi connectivity index (χ4v) is 4.97. The van der Waals surface area contributed by atoms with Crippen LogP contribution in [0.25, 0.3) is 5.65 Å². The van der Waals surface area contributed by atoms with Crippen molar-refractivity contribution in [3.8, 4) is 6.07 Å². The number of hydrogen-bond acceptors (Lipinski definition) is 6. The average Bonchev–Trinajstić information content (AvgIpc) is 3.18. The van der Waals surface area contributed by atoms with E-state index >= 15 is 0 Å². The molecule has 2 N–H and O–H groups in total. The van der Waals surface area contributed by atoms with Crippen molar-refractivity contribution >= 4 is 22.7 Å². The highest BCUT2D eigenvalue weighted by Gasteiger charge is 2.39. The number of carbonyl (C=O) groups is 1. The molecule has 0 aliphatic heterocycles. The van der Waals surface area contributed by atoms with Gasteiger partial charge in [-0.1, -0.05) is 0 Å². The van der Waals surface area contributed by atoms with Gasteiger partial charge in [0.2, 0.25) is 5.92 Å². The second kappa shape index (κ2) is 11.0. The number of aromatic nitrogens is 3. The first-order valence-corrected chi connectivity index (χ1v) is 13.5. The second-order valence-corrected chi connectivity index (χ2v) is 13.5. The highest BCUT2D eigenvalue weighted by molar-refractivity contribution is 7.84. The maximum Gasteiger partial charge on any atom is 0.408 e. The molecule has 0 radical (unpaired) electrons. The van der Waals surface area contributed by atoms with Gasteiger partial charge in [0.1, 0.15) is 5.60 Å². The number of nitriles is 1. The molecule has 0 bridgehead atoms. The summed E-state index contributed by atoms with van der Waals surface area (Å²) < 4.78 is 49.8. The first-order valence-electron chi connectivity index (χ1n) is 12.4. The van der Waals surface area contributed by atoms with E-state index in [-0.39, 0.29) is 38.0 Å². The zero-order chi connectivity index (χ0) is 27.6. The maximum atomic E-state index is 13.9. The Morgan fingerprint density at radius 1 is 1.30 bits per heavy atom. The van der Waals surface area contributed by atoms with E-state index in [2.05, 4.69) is 26.2 Å². The zero-order valence-corrected chi connectivity index (χ0v) is 23.0. The van der Waals surface area contributed by atoms with Crippen LogP contribution >= 0.6 is 0 Å². The number of alkyl halides is 2. The summed E-state index contributed by atoms with van der Waals surface area (Å²) in [6, 6.07) is 2.68. The van der Waals surface area contributed by atoms with E-state index in [1.807, 2.05) is 20.8 Å². The number of ether oxygens (including phenoxy) is 1. The summed E-state index contributed by atoms with van der Waals surface area (Å²) in [7, 11) is -1.41. The van der Waals surface area contributed by atoms with Crippen molar-refractivity contribution in [2.24, 2.45) is 5.92 Å². The first kappa shape index (κ1) is 28.9. The van der Waals surface area contributed by atoms with Gasteiger partial charge < -0.3 is 10.1 Å². The third-order valence-electron chi connectivity index (χ3n) is 6.09. The average molecular weight is 539 g/mol. The SMILES string of the molecule is CC(C)(C)OC(=O)N[C@H](c1cn2ncc([C@H](CC#N)NS(=O)C(C)(C)C)cc2n1)C1CCC(F)(F)CC1. The molecule has 2 aromatic heterocycles. The van der Waals surface area contributed by atoms with Crippen molar-refractivity contribution in [1.29, 1.82) is 5.26 Å². The Labute approximate surface area is 218 Å². The van der Waals surface area contributed by atoms with Gasteiger partial charge >= 0.3 is 6.09 Å². The smallest absolute Gasteiger partial charge is 0.408 e. The number of rotatable bonds is 7. The van der Waals surface area contributed by atoms with Gasteiger partial charge in [0, 0.05) is 12.8 Å². The number of fused-ring (bicyclic) bond motifs is 1. The Bertz CT molecular complexity index is 1170. The monoisotopic (exact) mass is 538 g/mol. The Balaban J connectivity index is 1.92. The van der Waals surface area contributed by atoms with E-state index in [0.717, 1.165) is 0 Å². The van der Waals surface area contributed by atoms with Crippen molar-refractivity contribution in [2.45, 2.75) is 102 Å². The second-order valence-electron chi connectivity index (χ2n) is 11.5.